The lowest BCUT2D eigenvalue weighted by Gasteiger charge is -2.16. The Balaban J connectivity index is 2.23. The van der Waals surface area contributed by atoms with Crippen molar-refractivity contribution in [3.63, 3.8) is 0 Å². The van der Waals surface area contributed by atoms with Crippen molar-refractivity contribution in [3.05, 3.63) is 35.6 Å². The summed E-state index contributed by atoms with van der Waals surface area (Å²) in [5.41, 5.74) is 0.563. The van der Waals surface area contributed by atoms with Gasteiger partial charge < -0.3 is 4.74 Å². The summed E-state index contributed by atoms with van der Waals surface area (Å²) >= 11 is 0. The Morgan fingerprint density at radius 3 is 2.18 bits per heavy atom. The third-order valence-electron chi connectivity index (χ3n) is 3.67. The van der Waals surface area contributed by atoms with Crippen LogP contribution in [0.1, 0.15) is 31.1 Å². The van der Waals surface area contributed by atoms with Crippen molar-refractivity contribution in [1.82, 2.24) is 0 Å². The summed E-state index contributed by atoms with van der Waals surface area (Å²) in [6.45, 7) is 5.94. The maximum absolute atomic E-state index is 12.8. The van der Waals surface area contributed by atoms with E-state index in [0.717, 1.165) is 0 Å². The Kier molecular flexibility index (Phi) is 3.29. The summed E-state index contributed by atoms with van der Waals surface area (Å²) in [6.07, 6.45) is 0.0250. The van der Waals surface area contributed by atoms with E-state index in [1.54, 1.807) is 12.1 Å². The number of carbonyl (C=O) groups excluding carboxylic acids is 1. The average molecular weight is 236 g/mol. The van der Waals surface area contributed by atoms with Gasteiger partial charge >= 0.3 is 0 Å². The molecule has 0 amide bonds. The number of Topliss-reactive ketones (excluding diaryl/α,β-unsaturated/α-hetero) is 1. The van der Waals surface area contributed by atoms with Gasteiger partial charge in [-0.15, -0.1) is 0 Å². The molecular weight excluding hydrogens is 219 g/mol. The fourth-order valence-electron chi connectivity index (χ4n) is 2.53. The predicted octanol–water partition coefficient (Wildman–Crippen LogP) is 3.07. The maximum atomic E-state index is 12.8. The second-order valence-corrected chi connectivity index (χ2v) is 4.80. The number of benzene rings is 1. The summed E-state index contributed by atoms with van der Waals surface area (Å²) < 4.78 is 18.5. The van der Waals surface area contributed by atoms with Crippen LogP contribution < -0.4 is 0 Å². The largest absolute Gasteiger partial charge is 0.374 e. The molecule has 1 saturated heterocycles. The number of ketones is 1. The normalized spacial score (nSPS) is 32.7. The van der Waals surface area contributed by atoms with Crippen molar-refractivity contribution >= 4 is 5.78 Å². The molecule has 4 unspecified atom stereocenters. The summed E-state index contributed by atoms with van der Waals surface area (Å²) in [4.78, 5) is 12.3. The van der Waals surface area contributed by atoms with Gasteiger partial charge in [0, 0.05) is 5.56 Å². The highest BCUT2D eigenvalue weighted by molar-refractivity contribution is 5.98. The molecule has 1 heterocycles. The number of hydrogen-bond acceptors (Lipinski definition) is 2. The van der Waals surface area contributed by atoms with E-state index in [9.17, 15) is 9.18 Å². The molecule has 0 aliphatic carbocycles. The van der Waals surface area contributed by atoms with Crippen LogP contribution in [0.3, 0.4) is 0 Å². The van der Waals surface area contributed by atoms with E-state index in [1.807, 2.05) is 20.8 Å². The number of hydrogen-bond donors (Lipinski definition) is 0. The third-order valence-corrected chi connectivity index (χ3v) is 3.67. The van der Waals surface area contributed by atoms with Gasteiger partial charge in [0.15, 0.2) is 5.78 Å². The summed E-state index contributed by atoms with van der Waals surface area (Å²) in [7, 11) is 0. The molecule has 0 radical (unpaired) electrons. The minimum Gasteiger partial charge on any atom is -0.374 e. The first-order valence-corrected chi connectivity index (χ1v) is 5.96. The summed E-state index contributed by atoms with van der Waals surface area (Å²) in [5.74, 6) is -0.203. The number of halogens is 1. The molecule has 1 aromatic carbocycles. The van der Waals surface area contributed by atoms with Crippen LogP contribution in [0.25, 0.3) is 0 Å². The zero-order valence-corrected chi connectivity index (χ0v) is 10.3. The van der Waals surface area contributed by atoms with Gasteiger partial charge in [-0.25, -0.2) is 4.39 Å². The lowest BCUT2D eigenvalue weighted by atomic mass is 9.83. The van der Waals surface area contributed by atoms with Crippen LogP contribution in [-0.4, -0.2) is 18.0 Å². The van der Waals surface area contributed by atoms with Gasteiger partial charge in [0.05, 0.1) is 18.1 Å². The van der Waals surface area contributed by atoms with E-state index in [1.165, 1.54) is 12.1 Å². The van der Waals surface area contributed by atoms with Crippen molar-refractivity contribution in [3.8, 4) is 0 Å². The van der Waals surface area contributed by atoms with Gasteiger partial charge in [-0.2, -0.15) is 0 Å². The van der Waals surface area contributed by atoms with E-state index in [4.69, 9.17) is 4.74 Å². The molecule has 0 bridgehead atoms. The van der Waals surface area contributed by atoms with Gasteiger partial charge in [0.1, 0.15) is 5.82 Å². The summed E-state index contributed by atoms with van der Waals surface area (Å²) in [6, 6.07) is 5.73. The van der Waals surface area contributed by atoms with Crippen LogP contribution in [-0.2, 0) is 4.74 Å². The molecule has 4 atom stereocenters. The highest BCUT2D eigenvalue weighted by Crippen LogP contribution is 2.34. The van der Waals surface area contributed by atoms with Gasteiger partial charge in [-0.05, 0) is 44.0 Å². The van der Waals surface area contributed by atoms with Crippen LogP contribution in [0.15, 0.2) is 24.3 Å². The molecule has 2 rings (SSSR count). The zero-order valence-electron chi connectivity index (χ0n) is 10.3. The minimum atomic E-state index is -0.321. The fourth-order valence-corrected chi connectivity index (χ4v) is 2.53. The average Bonchev–Trinajstić information content (AvgIpc) is 2.53. The van der Waals surface area contributed by atoms with Crippen LogP contribution in [0.4, 0.5) is 4.39 Å². The van der Waals surface area contributed by atoms with Crippen molar-refractivity contribution in [2.75, 3.05) is 0 Å². The molecule has 0 saturated carbocycles. The first-order chi connectivity index (χ1) is 8.00. The molecule has 92 valence electrons. The molecule has 0 aromatic heterocycles. The Morgan fingerprint density at radius 2 is 1.71 bits per heavy atom. The fraction of sp³-hybridized carbons (Fsp3) is 0.500. The molecule has 1 fully saturated rings. The number of ether oxygens (including phenoxy) is 1. The second-order valence-electron chi connectivity index (χ2n) is 4.80. The molecule has 3 heteroatoms. The third kappa shape index (κ3) is 2.25. The van der Waals surface area contributed by atoms with Crippen molar-refractivity contribution in [1.29, 1.82) is 0 Å². The Bertz CT molecular complexity index is 413. The Hall–Kier alpha value is -1.22. The molecular formula is C14H17FO2. The number of carbonyl (C=O) groups is 1. The van der Waals surface area contributed by atoms with Gasteiger partial charge in [-0.3, -0.25) is 4.79 Å². The first-order valence-electron chi connectivity index (χ1n) is 5.96. The van der Waals surface area contributed by atoms with Crippen LogP contribution >= 0.6 is 0 Å². The molecule has 2 nitrogen and oxygen atoms in total. The van der Waals surface area contributed by atoms with Gasteiger partial charge in [0.25, 0.3) is 0 Å². The minimum absolute atomic E-state index is 0.0503. The van der Waals surface area contributed by atoms with E-state index in [-0.39, 0.29) is 35.6 Å². The topological polar surface area (TPSA) is 26.3 Å². The SMILES string of the molecule is CC1OC(C)C(C(=O)c2ccc(F)cc2)C1C. The lowest BCUT2D eigenvalue weighted by molar-refractivity contribution is 0.0491. The Morgan fingerprint density at radius 1 is 1.12 bits per heavy atom. The van der Waals surface area contributed by atoms with Crippen LogP contribution in [0, 0.1) is 17.7 Å². The van der Waals surface area contributed by atoms with Crippen molar-refractivity contribution in [2.24, 2.45) is 11.8 Å². The standard InChI is InChI=1S/C14H17FO2/c1-8-9(2)17-10(3)13(8)14(16)11-4-6-12(15)7-5-11/h4-10,13H,1-3H3. The van der Waals surface area contributed by atoms with E-state index >= 15 is 0 Å². The van der Waals surface area contributed by atoms with Crippen LogP contribution in [0.5, 0.6) is 0 Å². The summed E-state index contributed by atoms with van der Waals surface area (Å²) in [5, 5.41) is 0. The highest BCUT2D eigenvalue weighted by atomic mass is 19.1. The molecule has 0 N–H and O–H groups in total. The Labute approximate surface area is 101 Å². The molecule has 17 heavy (non-hydrogen) atoms. The van der Waals surface area contributed by atoms with Crippen molar-refractivity contribution in [2.45, 2.75) is 33.0 Å². The number of rotatable bonds is 2. The quantitative estimate of drug-likeness (QED) is 0.738. The lowest BCUT2D eigenvalue weighted by Crippen LogP contribution is -2.26. The first kappa shape index (κ1) is 12.2. The van der Waals surface area contributed by atoms with Crippen molar-refractivity contribution < 1.29 is 13.9 Å². The molecule has 1 aliphatic heterocycles. The zero-order chi connectivity index (χ0) is 12.6. The second kappa shape index (κ2) is 4.57. The highest BCUT2D eigenvalue weighted by Gasteiger charge is 2.41. The smallest absolute Gasteiger partial charge is 0.168 e. The molecule has 1 aromatic rings. The monoisotopic (exact) mass is 236 g/mol. The van der Waals surface area contributed by atoms with Gasteiger partial charge in [-0.1, -0.05) is 6.92 Å². The molecule has 0 spiro atoms. The van der Waals surface area contributed by atoms with E-state index in [0.29, 0.717) is 5.56 Å². The van der Waals surface area contributed by atoms with E-state index in [2.05, 4.69) is 0 Å². The van der Waals surface area contributed by atoms with E-state index < -0.39 is 0 Å². The predicted molar refractivity (Wildman–Crippen MR) is 63.4 cm³/mol. The van der Waals surface area contributed by atoms with Gasteiger partial charge in [0.2, 0.25) is 0 Å². The maximum Gasteiger partial charge on any atom is 0.168 e. The van der Waals surface area contributed by atoms with Crippen LogP contribution in [0.2, 0.25) is 0 Å². The molecule has 1 aliphatic rings.